The van der Waals surface area contributed by atoms with Crippen LogP contribution in [0, 0.1) is 0 Å². The van der Waals surface area contributed by atoms with Crippen molar-refractivity contribution in [3.05, 3.63) is 0 Å². The van der Waals surface area contributed by atoms with Gasteiger partial charge in [-0.05, 0) is 13.3 Å². The molecular formula is C17H34N2O. The molecule has 1 unspecified atom stereocenters. The topological polar surface area (TPSA) is 32.3 Å². The molecule has 1 aliphatic heterocycles. The molecule has 0 spiro atoms. The molecule has 0 aliphatic carbocycles. The van der Waals surface area contributed by atoms with Crippen molar-refractivity contribution in [1.82, 2.24) is 10.2 Å². The van der Waals surface area contributed by atoms with Gasteiger partial charge in [0.1, 0.15) is 0 Å². The van der Waals surface area contributed by atoms with E-state index >= 15 is 0 Å². The van der Waals surface area contributed by atoms with Crippen LogP contribution in [-0.4, -0.2) is 36.5 Å². The summed E-state index contributed by atoms with van der Waals surface area (Å²) in [4.78, 5) is 13.9. The minimum atomic E-state index is 0.0203. The summed E-state index contributed by atoms with van der Waals surface area (Å²) in [7, 11) is 0. The highest BCUT2D eigenvalue weighted by molar-refractivity contribution is 5.82. The van der Waals surface area contributed by atoms with Gasteiger partial charge in [0.2, 0.25) is 5.91 Å². The lowest BCUT2D eigenvalue weighted by Gasteiger charge is -2.31. The first-order chi connectivity index (χ1) is 9.75. The number of hydrogen-bond acceptors (Lipinski definition) is 2. The normalized spacial score (nSPS) is 19.6. The second-order valence-corrected chi connectivity index (χ2v) is 6.18. The maximum Gasteiger partial charge on any atom is 0.239 e. The fourth-order valence-corrected chi connectivity index (χ4v) is 2.90. The maximum atomic E-state index is 11.9. The van der Waals surface area contributed by atoms with E-state index in [0.717, 1.165) is 19.6 Å². The third kappa shape index (κ3) is 7.28. The lowest BCUT2D eigenvalue weighted by Crippen LogP contribution is -2.53. The van der Waals surface area contributed by atoms with Crippen LogP contribution in [-0.2, 0) is 4.79 Å². The zero-order valence-electron chi connectivity index (χ0n) is 13.6. The number of hydrogen-bond donors (Lipinski definition) is 1. The summed E-state index contributed by atoms with van der Waals surface area (Å²) in [6.45, 7) is 7.03. The third-order valence-corrected chi connectivity index (χ3v) is 4.30. The van der Waals surface area contributed by atoms with Crippen molar-refractivity contribution in [2.45, 2.75) is 84.1 Å². The van der Waals surface area contributed by atoms with Crippen LogP contribution in [0.1, 0.15) is 78.1 Å². The first-order valence-corrected chi connectivity index (χ1v) is 8.78. The molecule has 0 radical (unpaired) electrons. The predicted molar refractivity (Wildman–Crippen MR) is 85.9 cm³/mol. The number of nitrogens with one attached hydrogen (secondary N) is 1. The van der Waals surface area contributed by atoms with Crippen molar-refractivity contribution in [1.29, 1.82) is 0 Å². The van der Waals surface area contributed by atoms with E-state index in [1.807, 2.05) is 11.8 Å². The lowest BCUT2D eigenvalue weighted by molar-refractivity contribution is -0.135. The summed E-state index contributed by atoms with van der Waals surface area (Å²) < 4.78 is 0. The van der Waals surface area contributed by atoms with Crippen molar-refractivity contribution < 1.29 is 4.79 Å². The lowest BCUT2D eigenvalue weighted by atomic mass is 10.1. The summed E-state index contributed by atoms with van der Waals surface area (Å²) >= 11 is 0. The molecule has 118 valence electrons. The highest BCUT2D eigenvalue weighted by atomic mass is 16.2. The van der Waals surface area contributed by atoms with E-state index in [9.17, 15) is 4.79 Å². The Morgan fingerprint density at radius 3 is 2.15 bits per heavy atom. The second-order valence-electron chi connectivity index (χ2n) is 6.18. The van der Waals surface area contributed by atoms with Crippen LogP contribution < -0.4 is 5.32 Å². The Morgan fingerprint density at radius 2 is 1.55 bits per heavy atom. The molecule has 0 saturated carbocycles. The molecule has 3 nitrogen and oxygen atoms in total. The van der Waals surface area contributed by atoms with Gasteiger partial charge in [-0.1, -0.05) is 64.7 Å². The van der Waals surface area contributed by atoms with E-state index in [2.05, 4.69) is 12.2 Å². The van der Waals surface area contributed by atoms with E-state index in [4.69, 9.17) is 0 Å². The summed E-state index contributed by atoms with van der Waals surface area (Å²) in [6, 6.07) is 0.0203. The van der Waals surface area contributed by atoms with Crippen LogP contribution in [0.15, 0.2) is 0 Å². The summed E-state index contributed by atoms with van der Waals surface area (Å²) in [5.74, 6) is 0.284. The van der Waals surface area contributed by atoms with Crippen molar-refractivity contribution >= 4 is 5.91 Å². The number of amides is 1. The SMILES string of the molecule is CCCCCCCCCCCCN1CCNC(C)C1=O. The quantitative estimate of drug-likeness (QED) is 0.586. The fourth-order valence-electron chi connectivity index (χ4n) is 2.90. The molecule has 20 heavy (non-hydrogen) atoms. The number of piperazine rings is 1. The highest BCUT2D eigenvalue weighted by Crippen LogP contribution is 2.11. The average molecular weight is 282 g/mol. The van der Waals surface area contributed by atoms with Crippen molar-refractivity contribution in [2.24, 2.45) is 0 Å². The molecule has 0 aromatic rings. The summed E-state index contributed by atoms with van der Waals surface area (Å²) in [5.41, 5.74) is 0. The minimum Gasteiger partial charge on any atom is -0.340 e. The van der Waals surface area contributed by atoms with Gasteiger partial charge in [0.05, 0.1) is 6.04 Å². The Hall–Kier alpha value is -0.570. The summed E-state index contributed by atoms with van der Waals surface area (Å²) in [6.07, 6.45) is 13.5. The average Bonchev–Trinajstić information content (AvgIpc) is 2.45. The molecule has 0 aromatic carbocycles. The first-order valence-electron chi connectivity index (χ1n) is 8.78. The van der Waals surface area contributed by atoms with Crippen molar-refractivity contribution in [2.75, 3.05) is 19.6 Å². The van der Waals surface area contributed by atoms with E-state index in [1.54, 1.807) is 0 Å². The molecule has 1 aliphatic rings. The molecule has 0 bridgehead atoms. The van der Waals surface area contributed by atoms with E-state index in [1.165, 1.54) is 64.2 Å². The Morgan fingerprint density at radius 1 is 1.00 bits per heavy atom. The van der Waals surface area contributed by atoms with Crippen molar-refractivity contribution in [3.63, 3.8) is 0 Å². The molecule has 1 saturated heterocycles. The monoisotopic (exact) mass is 282 g/mol. The van der Waals surface area contributed by atoms with Gasteiger partial charge >= 0.3 is 0 Å². The van der Waals surface area contributed by atoms with Gasteiger partial charge in [-0.25, -0.2) is 0 Å². The molecule has 1 amide bonds. The smallest absolute Gasteiger partial charge is 0.239 e. The molecule has 0 aromatic heterocycles. The summed E-state index contributed by atoms with van der Waals surface area (Å²) in [5, 5.41) is 3.21. The predicted octanol–water partition coefficient (Wildman–Crippen LogP) is 3.73. The van der Waals surface area contributed by atoms with Gasteiger partial charge in [-0.2, -0.15) is 0 Å². The standard InChI is InChI=1S/C17H34N2O/c1-3-4-5-6-7-8-9-10-11-12-14-19-15-13-18-16(2)17(19)20/h16,18H,3-15H2,1-2H3. The Balaban J connectivity index is 1.88. The zero-order valence-corrected chi connectivity index (χ0v) is 13.6. The zero-order chi connectivity index (χ0) is 14.6. The number of nitrogens with zero attached hydrogens (tertiary/aromatic N) is 1. The minimum absolute atomic E-state index is 0.0203. The Bertz CT molecular complexity index is 255. The number of carbonyl (C=O) groups excluding carboxylic acids is 1. The second kappa shape index (κ2) is 11.1. The number of carbonyl (C=O) groups is 1. The van der Waals surface area contributed by atoms with Gasteiger partial charge < -0.3 is 10.2 Å². The first kappa shape index (κ1) is 17.5. The van der Waals surface area contributed by atoms with Crippen LogP contribution in [0.5, 0.6) is 0 Å². The van der Waals surface area contributed by atoms with Crippen LogP contribution >= 0.6 is 0 Å². The van der Waals surface area contributed by atoms with Gasteiger partial charge in [0.15, 0.2) is 0 Å². The van der Waals surface area contributed by atoms with Crippen LogP contribution in [0.3, 0.4) is 0 Å². The van der Waals surface area contributed by atoms with E-state index < -0.39 is 0 Å². The van der Waals surface area contributed by atoms with Gasteiger partial charge in [0.25, 0.3) is 0 Å². The number of rotatable bonds is 11. The van der Waals surface area contributed by atoms with E-state index in [0.29, 0.717) is 0 Å². The molecular weight excluding hydrogens is 248 g/mol. The highest BCUT2D eigenvalue weighted by Gasteiger charge is 2.23. The van der Waals surface area contributed by atoms with Crippen molar-refractivity contribution in [3.8, 4) is 0 Å². The molecule has 1 heterocycles. The van der Waals surface area contributed by atoms with Crippen LogP contribution in [0.4, 0.5) is 0 Å². The van der Waals surface area contributed by atoms with Crippen LogP contribution in [0.2, 0.25) is 0 Å². The van der Waals surface area contributed by atoms with E-state index in [-0.39, 0.29) is 11.9 Å². The Labute approximate surface area is 125 Å². The largest absolute Gasteiger partial charge is 0.340 e. The van der Waals surface area contributed by atoms with Crippen LogP contribution in [0.25, 0.3) is 0 Å². The third-order valence-electron chi connectivity index (χ3n) is 4.30. The molecule has 1 N–H and O–H groups in total. The maximum absolute atomic E-state index is 11.9. The van der Waals surface area contributed by atoms with Gasteiger partial charge in [0, 0.05) is 19.6 Å². The number of unbranched alkanes of at least 4 members (excludes halogenated alkanes) is 9. The Kier molecular flexibility index (Phi) is 9.73. The van der Waals surface area contributed by atoms with Gasteiger partial charge in [-0.3, -0.25) is 4.79 Å². The fraction of sp³-hybridized carbons (Fsp3) is 0.941. The van der Waals surface area contributed by atoms with Gasteiger partial charge in [-0.15, -0.1) is 0 Å². The molecule has 1 atom stereocenters. The molecule has 1 rings (SSSR count). The molecule has 1 fully saturated rings. The molecule has 3 heteroatoms.